The zero-order valence-electron chi connectivity index (χ0n) is 14.9. The van der Waals surface area contributed by atoms with Crippen LogP contribution < -0.4 is 21.3 Å². The van der Waals surface area contributed by atoms with Crippen molar-refractivity contribution in [2.45, 2.75) is 25.7 Å². The predicted octanol–water partition coefficient (Wildman–Crippen LogP) is 3.37. The molecular weight excluding hydrogens is 328 g/mol. The van der Waals surface area contributed by atoms with Crippen molar-refractivity contribution in [3.05, 3.63) is 53.6 Å². The Labute approximate surface area is 153 Å². The summed E-state index contributed by atoms with van der Waals surface area (Å²) < 4.78 is 0. The van der Waals surface area contributed by atoms with Gasteiger partial charge < -0.3 is 21.3 Å². The minimum Gasteiger partial charge on any atom is -0.325 e. The second-order valence-corrected chi connectivity index (χ2v) is 6.39. The zero-order chi connectivity index (χ0) is 18.4. The molecule has 0 fully saturated rings. The highest BCUT2D eigenvalue weighted by Crippen LogP contribution is 2.28. The topological polar surface area (TPSA) is 82.3 Å². The van der Waals surface area contributed by atoms with Crippen molar-refractivity contribution in [2.75, 3.05) is 29.5 Å². The number of rotatable bonds is 5. The van der Waals surface area contributed by atoms with Gasteiger partial charge in [-0.1, -0.05) is 18.2 Å². The maximum absolute atomic E-state index is 12.4. The molecular formula is C20H24N4O2. The van der Waals surface area contributed by atoms with Crippen LogP contribution in [-0.2, 0) is 17.6 Å². The number of carbonyl (C=O) groups is 2. The molecule has 1 aliphatic carbocycles. The number of aryl methyl sites for hydroxylation is 1. The fourth-order valence-electron chi connectivity index (χ4n) is 3.22. The van der Waals surface area contributed by atoms with Crippen LogP contribution in [0, 0.1) is 0 Å². The normalized spacial score (nSPS) is 12.8. The molecule has 0 radical (unpaired) electrons. The first-order valence-electron chi connectivity index (χ1n) is 8.89. The van der Waals surface area contributed by atoms with Crippen molar-refractivity contribution in [1.29, 1.82) is 0 Å². The number of amides is 3. The lowest BCUT2D eigenvalue weighted by Gasteiger charge is -2.19. The maximum atomic E-state index is 12.4. The Bertz CT molecular complexity index is 804. The van der Waals surface area contributed by atoms with E-state index in [4.69, 9.17) is 0 Å². The van der Waals surface area contributed by atoms with E-state index < -0.39 is 0 Å². The van der Waals surface area contributed by atoms with Gasteiger partial charge in [0.1, 0.15) is 0 Å². The smallest absolute Gasteiger partial charge is 0.323 e. The number of hydrogen-bond acceptors (Lipinski definition) is 3. The van der Waals surface area contributed by atoms with Crippen molar-refractivity contribution in [1.82, 2.24) is 5.32 Å². The maximum Gasteiger partial charge on any atom is 0.323 e. The number of nitrogens with one attached hydrogen (secondary N) is 4. The van der Waals surface area contributed by atoms with Gasteiger partial charge in [-0.15, -0.1) is 0 Å². The Balaban J connectivity index is 1.65. The highest BCUT2D eigenvalue weighted by molar-refractivity contribution is 6.01. The van der Waals surface area contributed by atoms with Gasteiger partial charge in [0.25, 0.3) is 0 Å². The van der Waals surface area contributed by atoms with Crippen LogP contribution in [0.15, 0.2) is 42.5 Å². The van der Waals surface area contributed by atoms with Gasteiger partial charge >= 0.3 is 6.03 Å². The predicted molar refractivity (Wildman–Crippen MR) is 105 cm³/mol. The van der Waals surface area contributed by atoms with Crippen LogP contribution >= 0.6 is 0 Å². The molecule has 2 aromatic carbocycles. The summed E-state index contributed by atoms with van der Waals surface area (Å²) in [5.41, 5.74) is 4.69. The average molecular weight is 352 g/mol. The summed E-state index contributed by atoms with van der Waals surface area (Å²) >= 11 is 0. The third kappa shape index (κ3) is 4.61. The summed E-state index contributed by atoms with van der Waals surface area (Å²) in [7, 11) is 1.71. The highest BCUT2D eigenvalue weighted by atomic mass is 16.2. The number of likely N-dealkylation sites (N-methyl/N-ethyl adjacent to an activating group) is 1. The molecule has 136 valence electrons. The molecule has 0 bridgehead atoms. The highest BCUT2D eigenvalue weighted by Gasteiger charge is 2.14. The van der Waals surface area contributed by atoms with Gasteiger partial charge in [0.2, 0.25) is 5.91 Å². The van der Waals surface area contributed by atoms with Gasteiger partial charge in [-0.25, -0.2) is 4.79 Å². The number of carbonyl (C=O) groups excluding carboxylic acids is 2. The van der Waals surface area contributed by atoms with Crippen LogP contribution in [0.25, 0.3) is 0 Å². The summed E-state index contributed by atoms with van der Waals surface area (Å²) in [6, 6.07) is 12.9. The van der Waals surface area contributed by atoms with Crippen LogP contribution in [0.2, 0.25) is 0 Å². The molecule has 0 heterocycles. The number of hydrogen-bond donors (Lipinski definition) is 4. The Hall–Kier alpha value is -2.86. The van der Waals surface area contributed by atoms with E-state index >= 15 is 0 Å². The van der Waals surface area contributed by atoms with Gasteiger partial charge in [-0.2, -0.15) is 0 Å². The van der Waals surface area contributed by atoms with Gasteiger partial charge in [-0.05, 0) is 68.1 Å². The van der Waals surface area contributed by atoms with Crippen LogP contribution in [0.1, 0.15) is 24.0 Å². The largest absolute Gasteiger partial charge is 0.325 e. The first-order valence-corrected chi connectivity index (χ1v) is 8.89. The molecule has 6 heteroatoms. The molecule has 0 unspecified atom stereocenters. The Morgan fingerprint density at radius 1 is 0.923 bits per heavy atom. The van der Waals surface area contributed by atoms with Gasteiger partial charge in [0.05, 0.1) is 6.54 Å². The minimum absolute atomic E-state index is 0.134. The lowest BCUT2D eigenvalue weighted by Crippen LogP contribution is -2.25. The summed E-state index contributed by atoms with van der Waals surface area (Å²) in [5.74, 6) is -0.134. The van der Waals surface area contributed by atoms with Crippen molar-refractivity contribution in [3.63, 3.8) is 0 Å². The third-order valence-corrected chi connectivity index (χ3v) is 4.39. The summed E-state index contributed by atoms with van der Waals surface area (Å²) in [6.07, 6.45) is 4.43. The van der Waals surface area contributed by atoms with Gasteiger partial charge in [-0.3, -0.25) is 4.79 Å². The molecule has 3 rings (SSSR count). The van der Waals surface area contributed by atoms with Gasteiger partial charge in [0.15, 0.2) is 0 Å². The molecule has 3 amide bonds. The Morgan fingerprint density at radius 2 is 1.65 bits per heavy atom. The molecule has 1 aliphatic rings. The Morgan fingerprint density at radius 3 is 2.46 bits per heavy atom. The van der Waals surface area contributed by atoms with E-state index in [0.717, 1.165) is 24.9 Å². The molecule has 0 saturated heterocycles. The lowest BCUT2D eigenvalue weighted by molar-refractivity contribution is -0.115. The van der Waals surface area contributed by atoms with Crippen molar-refractivity contribution >= 4 is 29.0 Å². The van der Waals surface area contributed by atoms with E-state index in [2.05, 4.69) is 27.3 Å². The van der Waals surface area contributed by atoms with Crippen molar-refractivity contribution in [3.8, 4) is 0 Å². The molecule has 0 aromatic heterocycles. The molecule has 4 N–H and O–H groups in total. The summed E-state index contributed by atoms with van der Waals surface area (Å²) in [4.78, 5) is 24.0. The van der Waals surface area contributed by atoms with Crippen molar-refractivity contribution in [2.24, 2.45) is 0 Å². The van der Waals surface area contributed by atoms with E-state index in [1.807, 2.05) is 12.1 Å². The van der Waals surface area contributed by atoms with Crippen LogP contribution in [0.4, 0.5) is 21.9 Å². The quantitative estimate of drug-likeness (QED) is 0.666. The fraction of sp³-hybridized carbons (Fsp3) is 0.300. The van der Waals surface area contributed by atoms with Crippen molar-refractivity contribution < 1.29 is 9.59 Å². The fourth-order valence-corrected chi connectivity index (χ4v) is 3.22. The SMILES string of the molecule is CNCC(=O)Nc1cccc(NC(=O)Nc2cccc3c2CCCC3)c1. The monoisotopic (exact) mass is 352 g/mol. The molecule has 0 spiro atoms. The minimum atomic E-state index is -0.289. The zero-order valence-corrected chi connectivity index (χ0v) is 14.9. The third-order valence-electron chi connectivity index (χ3n) is 4.39. The number of benzene rings is 2. The molecule has 0 aliphatic heterocycles. The van der Waals surface area contributed by atoms with E-state index in [-0.39, 0.29) is 18.5 Å². The molecule has 2 aromatic rings. The lowest BCUT2D eigenvalue weighted by atomic mass is 9.90. The van der Waals surface area contributed by atoms with Gasteiger partial charge in [0, 0.05) is 17.1 Å². The van der Waals surface area contributed by atoms with Crippen LogP contribution in [0.3, 0.4) is 0 Å². The van der Waals surface area contributed by atoms with E-state index in [1.54, 1.807) is 31.3 Å². The average Bonchev–Trinajstić information content (AvgIpc) is 2.62. The number of fused-ring (bicyclic) bond motifs is 1. The van der Waals surface area contributed by atoms with Crippen LogP contribution in [0.5, 0.6) is 0 Å². The van der Waals surface area contributed by atoms with E-state index in [1.165, 1.54) is 17.5 Å². The van der Waals surface area contributed by atoms with E-state index in [9.17, 15) is 9.59 Å². The Kier molecular flexibility index (Phi) is 5.86. The standard InChI is InChI=1S/C20H24N4O2/c1-21-13-19(25)22-15-8-5-9-16(12-15)23-20(26)24-18-11-4-7-14-6-2-3-10-17(14)18/h4-5,7-9,11-12,21H,2-3,6,10,13H2,1H3,(H,22,25)(H2,23,24,26). The first kappa shape index (κ1) is 17.9. The second-order valence-electron chi connectivity index (χ2n) is 6.39. The van der Waals surface area contributed by atoms with E-state index in [0.29, 0.717) is 11.4 Å². The summed E-state index contributed by atoms with van der Waals surface area (Å²) in [5, 5.41) is 11.3. The molecule has 26 heavy (non-hydrogen) atoms. The number of urea groups is 1. The van der Waals surface area contributed by atoms with Crippen LogP contribution in [-0.4, -0.2) is 25.5 Å². The second kappa shape index (κ2) is 8.49. The first-order chi connectivity index (χ1) is 12.7. The summed E-state index contributed by atoms with van der Waals surface area (Å²) in [6.45, 7) is 0.233. The molecule has 0 atom stereocenters. The number of anilines is 3. The molecule has 6 nitrogen and oxygen atoms in total. The molecule has 0 saturated carbocycles.